The number of methoxy groups -OCH3 is 1. The topological polar surface area (TPSA) is 50.1 Å². The van der Waals surface area contributed by atoms with E-state index in [0.29, 0.717) is 5.71 Å². The standard InChI is InChI=1S/C9H15NO2/c1-6(2)9(11)8(12-4)5-7(3)10/h5-6,10H,1-4H3/b8-5-,10-7?. The van der Waals surface area contributed by atoms with E-state index >= 15 is 0 Å². The van der Waals surface area contributed by atoms with Crippen LogP contribution >= 0.6 is 0 Å². The minimum absolute atomic E-state index is 0.0656. The average Bonchev–Trinajstić information content (AvgIpc) is 1.98. The summed E-state index contributed by atoms with van der Waals surface area (Å²) in [7, 11) is 1.44. The lowest BCUT2D eigenvalue weighted by Crippen LogP contribution is -2.12. The molecule has 0 spiro atoms. The number of ether oxygens (including phenoxy) is 1. The molecule has 68 valence electrons. The molecule has 0 aliphatic rings. The van der Waals surface area contributed by atoms with Crippen LogP contribution in [0.3, 0.4) is 0 Å². The Morgan fingerprint density at radius 1 is 1.50 bits per heavy atom. The fourth-order valence-electron chi connectivity index (χ4n) is 0.712. The third-order valence-corrected chi connectivity index (χ3v) is 1.33. The van der Waals surface area contributed by atoms with Gasteiger partial charge in [-0.15, -0.1) is 0 Å². The second kappa shape index (κ2) is 4.70. The first-order valence-electron chi connectivity index (χ1n) is 3.84. The monoisotopic (exact) mass is 169 g/mol. The fourth-order valence-corrected chi connectivity index (χ4v) is 0.712. The number of ketones is 1. The zero-order chi connectivity index (χ0) is 9.72. The van der Waals surface area contributed by atoms with Crippen LogP contribution in [-0.4, -0.2) is 18.6 Å². The van der Waals surface area contributed by atoms with Crippen molar-refractivity contribution in [3.8, 4) is 0 Å². The Balaban J connectivity index is 4.56. The van der Waals surface area contributed by atoms with E-state index < -0.39 is 0 Å². The van der Waals surface area contributed by atoms with E-state index in [0.717, 1.165) is 0 Å². The number of rotatable bonds is 4. The van der Waals surface area contributed by atoms with Crippen LogP contribution in [0.5, 0.6) is 0 Å². The lowest BCUT2D eigenvalue weighted by molar-refractivity contribution is -0.121. The summed E-state index contributed by atoms with van der Waals surface area (Å²) in [6, 6.07) is 0. The van der Waals surface area contributed by atoms with Crippen molar-refractivity contribution < 1.29 is 9.53 Å². The van der Waals surface area contributed by atoms with Gasteiger partial charge in [0.1, 0.15) is 0 Å². The molecule has 0 heterocycles. The Morgan fingerprint density at radius 3 is 2.25 bits per heavy atom. The van der Waals surface area contributed by atoms with Crippen LogP contribution in [0.2, 0.25) is 0 Å². The van der Waals surface area contributed by atoms with Crippen molar-refractivity contribution in [3.63, 3.8) is 0 Å². The quantitative estimate of drug-likeness (QED) is 0.396. The second-order valence-corrected chi connectivity index (χ2v) is 2.91. The molecule has 0 aliphatic heterocycles. The average molecular weight is 169 g/mol. The zero-order valence-corrected chi connectivity index (χ0v) is 7.97. The van der Waals surface area contributed by atoms with E-state index in [2.05, 4.69) is 0 Å². The highest BCUT2D eigenvalue weighted by Crippen LogP contribution is 2.06. The first-order valence-corrected chi connectivity index (χ1v) is 3.84. The largest absolute Gasteiger partial charge is 0.493 e. The summed E-state index contributed by atoms with van der Waals surface area (Å²) in [4.78, 5) is 11.3. The van der Waals surface area contributed by atoms with Crippen molar-refractivity contribution in [3.05, 3.63) is 11.8 Å². The van der Waals surface area contributed by atoms with Gasteiger partial charge in [0.2, 0.25) is 0 Å². The lowest BCUT2D eigenvalue weighted by Gasteiger charge is -2.06. The molecule has 3 nitrogen and oxygen atoms in total. The summed E-state index contributed by atoms with van der Waals surface area (Å²) in [5.41, 5.74) is 0.320. The fraction of sp³-hybridized carbons (Fsp3) is 0.556. The molecule has 0 amide bonds. The van der Waals surface area contributed by atoms with Gasteiger partial charge in [-0.05, 0) is 6.92 Å². The Hall–Kier alpha value is -1.12. The Labute approximate surface area is 72.9 Å². The van der Waals surface area contributed by atoms with Crippen molar-refractivity contribution in [2.75, 3.05) is 7.11 Å². The molecule has 0 aromatic carbocycles. The molecule has 0 bridgehead atoms. The zero-order valence-electron chi connectivity index (χ0n) is 7.97. The molecule has 0 radical (unpaired) electrons. The molecule has 0 unspecified atom stereocenters. The summed E-state index contributed by atoms with van der Waals surface area (Å²) in [6.45, 7) is 5.20. The van der Waals surface area contributed by atoms with E-state index in [4.69, 9.17) is 10.1 Å². The van der Waals surface area contributed by atoms with Gasteiger partial charge in [0.15, 0.2) is 11.5 Å². The van der Waals surface area contributed by atoms with Crippen LogP contribution < -0.4 is 0 Å². The first-order chi connectivity index (χ1) is 5.49. The molecule has 0 saturated carbocycles. The van der Waals surface area contributed by atoms with Crippen LogP contribution in [-0.2, 0) is 9.53 Å². The van der Waals surface area contributed by atoms with Crippen molar-refractivity contribution >= 4 is 11.5 Å². The maximum Gasteiger partial charge on any atom is 0.199 e. The maximum atomic E-state index is 11.3. The summed E-state index contributed by atoms with van der Waals surface area (Å²) in [5.74, 6) is 0.108. The normalized spacial score (nSPS) is 11.6. The Kier molecular flexibility index (Phi) is 4.26. The van der Waals surface area contributed by atoms with Crippen LogP contribution in [0.4, 0.5) is 0 Å². The highest BCUT2D eigenvalue weighted by Gasteiger charge is 2.13. The number of carbonyl (C=O) groups excluding carboxylic acids is 1. The molecule has 0 atom stereocenters. The van der Waals surface area contributed by atoms with Gasteiger partial charge < -0.3 is 10.1 Å². The molecule has 1 N–H and O–H groups in total. The van der Waals surface area contributed by atoms with Crippen molar-refractivity contribution in [2.24, 2.45) is 5.92 Å². The highest BCUT2D eigenvalue weighted by molar-refractivity contribution is 6.02. The van der Waals surface area contributed by atoms with Gasteiger partial charge in [0, 0.05) is 17.7 Å². The smallest absolute Gasteiger partial charge is 0.199 e. The molecule has 0 saturated heterocycles. The molecule has 0 aliphatic carbocycles. The first kappa shape index (κ1) is 10.9. The maximum absolute atomic E-state index is 11.3. The minimum Gasteiger partial charge on any atom is -0.493 e. The lowest BCUT2D eigenvalue weighted by atomic mass is 10.1. The molecule has 12 heavy (non-hydrogen) atoms. The predicted octanol–water partition coefficient (Wildman–Crippen LogP) is 1.78. The number of carbonyl (C=O) groups is 1. The van der Waals surface area contributed by atoms with Gasteiger partial charge in [0.25, 0.3) is 0 Å². The summed E-state index contributed by atoms with van der Waals surface area (Å²) >= 11 is 0. The van der Waals surface area contributed by atoms with Gasteiger partial charge in [-0.2, -0.15) is 0 Å². The summed E-state index contributed by atoms with van der Waals surface area (Å²) in [6.07, 6.45) is 1.43. The number of Topliss-reactive ketones (excluding diaryl/α,β-unsaturated/α-hetero) is 1. The molecule has 0 aromatic heterocycles. The van der Waals surface area contributed by atoms with Crippen LogP contribution in [0.15, 0.2) is 11.8 Å². The van der Waals surface area contributed by atoms with Crippen molar-refractivity contribution in [1.29, 1.82) is 5.41 Å². The number of nitrogens with one attached hydrogen (secondary N) is 1. The number of allylic oxidation sites excluding steroid dienone is 2. The van der Waals surface area contributed by atoms with Crippen LogP contribution in [0.1, 0.15) is 20.8 Å². The van der Waals surface area contributed by atoms with E-state index in [-0.39, 0.29) is 17.5 Å². The minimum atomic E-state index is -0.0875. The SMILES string of the molecule is CO/C(=C\C(C)=N)C(=O)C(C)C. The van der Waals surface area contributed by atoms with E-state index in [1.165, 1.54) is 13.2 Å². The molecule has 3 heteroatoms. The van der Waals surface area contributed by atoms with E-state index in [1.54, 1.807) is 20.8 Å². The molecule has 0 aromatic rings. The van der Waals surface area contributed by atoms with Crippen molar-refractivity contribution in [1.82, 2.24) is 0 Å². The highest BCUT2D eigenvalue weighted by atomic mass is 16.5. The summed E-state index contributed by atoms with van der Waals surface area (Å²) in [5, 5.41) is 7.15. The van der Waals surface area contributed by atoms with E-state index in [9.17, 15) is 4.79 Å². The van der Waals surface area contributed by atoms with Gasteiger partial charge in [-0.3, -0.25) is 4.79 Å². The molecule has 0 fully saturated rings. The Bertz CT molecular complexity index is 217. The van der Waals surface area contributed by atoms with Crippen molar-refractivity contribution in [2.45, 2.75) is 20.8 Å². The number of hydrogen-bond donors (Lipinski definition) is 1. The summed E-state index contributed by atoms with van der Waals surface area (Å²) < 4.78 is 4.85. The predicted molar refractivity (Wildman–Crippen MR) is 48.3 cm³/mol. The number of hydrogen-bond acceptors (Lipinski definition) is 3. The van der Waals surface area contributed by atoms with Gasteiger partial charge in [-0.1, -0.05) is 13.8 Å². The third kappa shape index (κ3) is 3.32. The van der Waals surface area contributed by atoms with Gasteiger partial charge in [-0.25, -0.2) is 0 Å². The molecular formula is C9H15NO2. The van der Waals surface area contributed by atoms with Gasteiger partial charge in [0.05, 0.1) is 7.11 Å². The van der Waals surface area contributed by atoms with Crippen LogP contribution in [0.25, 0.3) is 0 Å². The second-order valence-electron chi connectivity index (χ2n) is 2.91. The van der Waals surface area contributed by atoms with Gasteiger partial charge >= 0.3 is 0 Å². The van der Waals surface area contributed by atoms with E-state index in [1.807, 2.05) is 0 Å². The third-order valence-electron chi connectivity index (χ3n) is 1.33. The Morgan fingerprint density at radius 2 is 2.00 bits per heavy atom. The molecular weight excluding hydrogens is 154 g/mol. The van der Waals surface area contributed by atoms with Crippen LogP contribution in [0, 0.1) is 11.3 Å². The molecule has 0 rings (SSSR count).